The maximum Gasteiger partial charge on any atom is 0.264 e. The average molecular weight is 594 g/mol. The van der Waals surface area contributed by atoms with Gasteiger partial charge in [0.05, 0.1) is 11.3 Å². The predicted octanol–water partition coefficient (Wildman–Crippen LogP) is 4.41. The molecule has 6 nitrogen and oxygen atoms in total. The first kappa shape index (κ1) is 23.4. The zero-order chi connectivity index (χ0) is 24.5. The van der Waals surface area contributed by atoms with E-state index in [2.05, 4.69) is 22.6 Å². The summed E-state index contributed by atoms with van der Waals surface area (Å²) in [6.45, 7) is 2.18. The predicted molar refractivity (Wildman–Crippen MR) is 138 cm³/mol. The zero-order valence-electron chi connectivity index (χ0n) is 19.6. The maximum atomic E-state index is 13.4. The molecule has 1 saturated heterocycles. The third-order valence-corrected chi connectivity index (χ3v) is 9.95. The van der Waals surface area contributed by atoms with Crippen LogP contribution in [0.25, 0.3) is 0 Å². The number of rotatable bonds is 7. The van der Waals surface area contributed by atoms with Crippen LogP contribution >= 0.6 is 22.6 Å². The number of fused-ring (bicyclic) bond motifs is 1. The average Bonchev–Trinajstić information content (AvgIpc) is 3.65. The van der Waals surface area contributed by atoms with Gasteiger partial charge in [-0.05, 0) is 71.7 Å². The van der Waals surface area contributed by atoms with E-state index in [1.54, 1.807) is 29.0 Å². The van der Waals surface area contributed by atoms with Gasteiger partial charge in [-0.15, -0.1) is 0 Å². The van der Waals surface area contributed by atoms with Gasteiger partial charge in [0, 0.05) is 53.1 Å². The van der Waals surface area contributed by atoms with Crippen molar-refractivity contribution in [3.8, 4) is 0 Å². The molecule has 0 radical (unpaired) electrons. The highest BCUT2D eigenvalue weighted by atomic mass is 127. The van der Waals surface area contributed by atoms with E-state index in [-0.39, 0.29) is 41.1 Å². The Hall–Kier alpha value is -2.01. The van der Waals surface area contributed by atoms with E-state index < -0.39 is 6.43 Å². The number of nitrogens with one attached hydrogen (secondary N) is 2. The van der Waals surface area contributed by atoms with Crippen molar-refractivity contribution in [1.82, 2.24) is 14.8 Å². The number of hydrogen-bond donors (Lipinski definition) is 2. The van der Waals surface area contributed by atoms with Gasteiger partial charge in [0.1, 0.15) is 0 Å². The maximum absolute atomic E-state index is 13.4. The van der Waals surface area contributed by atoms with Crippen LogP contribution in [0.15, 0.2) is 35.3 Å². The van der Waals surface area contributed by atoms with Crippen LogP contribution in [0.5, 0.6) is 0 Å². The molecular formula is C26H29F2IN4O2. The highest BCUT2D eigenvalue weighted by Gasteiger charge is 2.59. The van der Waals surface area contributed by atoms with Crippen LogP contribution in [-0.2, 0) is 6.54 Å². The normalized spacial score (nSPS) is 28.0. The van der Waals surface area contributed by atoms with Crippen molar-refractivity contribution in [1.29, 1.82) is 0 Å². The van der Waals surface area contributed by atoms with Gasteiger partial charge in [-0.1, -0.05) is 24.6 Å². The van der Waals surface area contributed by atoms with Crippen LogP contribution in [0.3, 0.4) is 0 Å². The van der Waals surface area contributed by atoms with Gasteiger partial charge in [-0.2, -0.15) is 0 Å². The van der Waals surface area contributed by atoms with Crippen LogP contribution in [0, 0.1) is 20.8 Å². The lowest BCUT2D eigenvalue weighted by atomic mass is 9.81. The molecular weight excluding hydrogens is 565 g/mol. The number of halogens is 3. The molecule has 3 aliphatic carbocycles. The molecule has 2 N–H and O–H groups in total. The quantitative estimate of drug-likeness (QED) is 0.467. The first-order chi connectivity index (χ1) is 16.8. The summed E-state index contributed by atoms with van der Waals surface area (Å²) >= 11 is 1.91. The first-order valence-electron chi connectivity index (χ1n) is 12.3. The van der Waals surface area contributed by atoms with E-state index >= 15 is 0 Å². The van der Waals surface area contributed by atoms with Crippen molar-refractivity contribution < 1.29 is 13.6 Å². The molecule has 1 amide bonds. The molecule has 1 aromatic heterocycles. The lowest BCUT2D eigenvalue weighted by Crippen LogP contribution is -2.31. The number of piperidine rings is 1. The topological polar surface area (TPSA) is 66.4 Å². The number of nitrogens with zero attached hydrogens (tertiary/aromatic N) is 2. The third-order valence-electron chi connectivity index (χ3n) is 8.64. The summed E-state index contributed by atoms with van der Waals surface area (Å²) in [6, 6.07) is 6.77. The van der Waals surface area contributed by atoms with Crippen LogP contribution in [-0.4, -0.2) is 41.6 Å². The first-order valence-corrected chi connectivity index (χ1v) is 13.4. The molecule has 3 saturated carbocycles. The molecule has 6 rings (SSSR count). The van der Waals surface area contributed by atoms with Crippen molar-refractivity contribution in [3.63, 3.8) is 0 Å². The van der Waals surface area contributed by atoms with Gasteiger partial charge in [-0.25, -0.2) is 8.78 Å². The number of amides is 1. The van der Waals surface area contributed by atoms with Gasteiger partial charge < -0.3 is 20.1 Å². The van der Waals surface area contributed by atoms with Gasteiger partial charge >= 0.3 is 0 Å². The Bertz CT molecular complexity index is 1230. The molecule has 2 aromatic rings. The Morgan fingerprint density at radius 1 is 1.26 bits per heavy atom. The number of benzene rings is 1. The molecule has 4 fully saturated rings. The minimum atomic E-state index is -2.56. The summed E-state index contributed by atoms with van der Waals surface area (Å²) < 4.78 is 28.8. The number of hydrogen-bond acceptors (Lipinski definition) is 4. The molecule has 0 bridgehead atoms. The molecule has 9 heteroatoms. The molecule has 186 valence electrons. The molecule has 4 atom stereocenters. The lowest BCUT2D eigenvalue weighted by Gasteiger charge is -2.27. The largest absolute Gasteiger partial charge is 0.381 e. The number of likely N-dealkylation sites (tertiary alicyclic amines) is 1. The van der Waals surface area contributed by atoms with Crippen molar-refractivity contribution in [2.24, 2.45) is 17.3 Å². The molecule has 1 aromatic carbocycles. The second-order valence-corrected chi connectivity index (χ2v) is 11.9. The minimum absolute atomic E-state index is 0.0296. The number of carbonyl (C=O) groups is 1. The number of pyridine rings is 1. The standard InChI is InChI=1S/C26H29F2IN4O2/c1-32-11-16-17(12-32)23(16)31-19-8-21(34)33(20-9-26(20)6-3-7-26)13-18(19)25(35)30-10-14-4-2-5-15(22(14)29)24(27)28/h2,4-5,8,13,16-17,20,23-24,31H,3,6-7,9-12H2,1H3,(H,30,35)/t16-,17?,20-,23+/m1/s1. The zero-order valence-corrected chi connectivity index (χ0v) is 21.7. The Morgan fingerprint density at radius 3 is 2.63 bits per heavy atom. The molecule has 2 heterocycles. The fourth-order valence-corrected chi connectivity index (χ4v) is 7.07. The van der Waals surface area contributed by atoms with Crippen LogP contribution in [0.1, 0.15) is 59.6 Å². The Labute approximate surface area is 216 Å². The van der Waals surface area contributed by atoms with Gasteiger partial charge in [0.15, 0.2) is 0 Å². The Balaban J connectivity index is 1.25. The van der Waals surface area contributed by atoms with E-state index in [4.69, 9.17) is 0 Å². The SMILES string of the molecule is CN1CC2[C@@H](C1)[C@@H]2Nc1cc(=O)n([C@@H]2CC23CCC3)cc1C(=O)NCc1cccc(C(F)F)c1I. The summed E-state index contributed by atoms with van der Waals surface area (Å²) in [4.78, 5) is 28.8. The van der Waals surface area contributed by atoms with E-state index in [0.717, 1.165) is 32.4 Å². The summed E-state index contributed by atoms with van der Waals surface area (Å²) in [5.74, 6) is 0.781. The number of alkyl halides is 2. The number of carbonyl (C=O) groups excluding carboxylic acids is 1. The number of anilines is 1. The van der Waals surface area contributed by atoms with Gasteiger partial charge in [0.25, 0.3) is 17.9 Å². The molecule has 35 heavy (non-hydrogen) atoms. The minimum Gasteiger partial charge on any atom is -0.381 e. The fraction of sp³-hybridized carbons (Fsp3) is 0.538. The second kappa shape index (κ2) is 8.54. The van der Waals surface area contributed by atoms with Crippen molar-refractivity contribution in [2.45, 2.75) is 50.7 Å². The highest BCUT2D eigenvalue weighted by Crippen LogP contribution is 2.67. The van der Waals surface area contributed by atoms with E-state index in [1.165, 1.54) is 12.5 Å². The monoisotopic (exact) mass is 594 g/mol. The second-order valence-electron chi connectivity index (χ2n) is 10.8. The van der Waals surface area contributed by atoms with Crippen molar-refractivity contribution in [3.05, 3.63) is 61.1 Å². The van der Waals surface area contributed by atoms with Crippen LogP contribution in [0.2, 0.25) is 0 Å². The number of aromatic nitrogens is 1. The summed E-state index contributed by atoms with van der Waals surface area (Å²) in [6.07, 6.45) is 3.65. The summed E-state index contributed by atoms with van der Waals surface area (Å²) in [7, 11) is 2.11. The Morgan fingerprint density at radius 2 is 2.00 bits per heavy atom. The fourth-order valence-electron chi connectivity index (χ4n) is 6.29. The smallest absolute Gasteiger partial charge is 0.264 e. The van der Waals surface area contributed by atoms with Gasteiger partial charge in [-0.3, -0.25) is 9.59 Å². The summed E-state index contributed by atoms with van der Waals surface area (Å²) in [5, 5.41) is 6.41. The Kier molecular flexibility index (Phi) is 5.71. The van der Waals surface area contributed by atoms with Gasteiger partial charge in [0.2, 0.25) is 0 Å². The van der Waals surface area contributed by atoms with Crippen LogP contribution in [0.4, 0.5) is 14.5 Å². The van der Waals surface area contributed by atoms with Crippen molar-refractivity contribution in [2.75, 3.05) is 25.5 Å². The molecule has 1 spiro atoms. The van der Waals surface area contributed by atoms with E-state index in [9.17, 15) is 18.4 Å². The third kappa shape index (κ3) is 4.08. The van der Waals surface area contributed by atoms with E-state index in [1.807, 2.05) is 22.6 Å². The molecule has 4 aliphatic rings. The van der Waals surface area contributed by atoms with Crippen LogP contribution < -0.4 is 16.2 Å². The lowest BCUT2D eigenvalue weighted by molar-refractivity contribution is 0.0950. The highest BCUT2D eigenvalue weighted by molar-refractivity contribution is 14.1. The van der Waals surface area contributed by atoms with E-state index in [0.29, 0.717) is 32.2 Å². The molecule has 1 aliphatic heterocycles. The summed E-state index contributed by atoms with van der Waals surface area (Å²) in [5.41, 5.74) is 1.82. The van der Waals surface area contributed by atoms with Crippen molar-refractivity contribution >= 4 is 34.2 Å². The molecule has 1 unspecified atom stereocenters.